The Hall–Kier alpha value is -0.730. The highest BCUT2D eigenvalue weighted by Gasteiger charge is 2.23. The first-order chi connectivity index (χ1) is 4.68. The SMILES string of the molecule is CC(CC1CC1)NC(N)=O. The third-order valence-electron chi connectivity index (χ3n) is 1.77. The monoisotopic (exact) mass is 142 g/mol. The molecular formula is C7H14N2O. The Balaban J connectivity index is 2.07. The molecule has 3 N–H and O–H groups in total. The first-order valence-electron chi connectivity index (χ1n) is 3.74. The fraction of sp³-hybridized carbons (Fsp3) is 0.857. The number of amides is 2. The van der Waals surface area contributed by atoms with E-state index in [1.165, 1.54) is 12.8 Å². The van der Waals surface area contributed by atoms with Crippen molar-refractivity contribution in [3.05, 3.63) is 0 Å². The van der Waals surface area contributed by atoms with Crippen molar-refractivity contribution in [1.29, 1.82) is 0 Å². The van der Waals surface area contributed by atoms with E-state index in [9.17, 15) is 4.79 Å². The van der Waals surface area contributed by atoms with Crippen LogP contribution in [0.2, 0.25) is 0 Å². The predicted octanol–water partition coefficient (Wildman–Crippen LogP) is 0.843. The minimum Gasteiger partial charge on any atom is -0.352 e. The second kappa shape index (κ2) is 2.90. The van der Waals surface area contributed by atoms with Crippen molar-refractivity contribution < 1.29 is 4.79 Å². The van der Waals surface area contributed by atoms with E-state index in [2.05, 4.69) is 5.32 Å². The van der Waals surface area contributed by atoms with E-state index in [4.69, 9.17) is 5.73 Å². The molecule has 1 atom stereocenters. The van der Waals surface area contributed by atoms with Crippen LogP contribution in [0.15, 0.2) is 0 Å². The third-order valence-corrected chi connectivity index (χ3v) is 1.77. The number of carbonyl (C=O) groups excluding carboxylic acids is 1. The molecule has 0 bridgehead atoms. The summed E-state index contributed by atoms with van der Waals surface area (Å²) in [6, 6.07) is -0.154. The molecule has 1 aliphatic carbocycles. The van der Waals surface area contributed by atoms with Gasteiger partial charge in [0, 0.05) is 6.04 Å². The number of primary amides is 1. The Labute approximate surface area is 61.0 Å². The summed E-state index contributed by atoms with van der Waals surface area (Å²) >= 11 is 0. The van der Waals surface area contributed by atoms with Crippen LogP contribution in [0, 0.1) is 5.92 Å². The average molecular weight is 142 g/mol. The lowest BCUT2D eigenvalue weighted by molar-refractivity contribution is 0.245. The number of urea groups is 1. The fourth-order valence-corrected chi connectivity index (χ4v) is 1.16. The number of nitrogens with two attached hydrogens (primary N) is 1. The molecule has 0 spiro atoms. The number of hydrogen-bond donors (Lipinski definition) is 2. The summed E-state index contributed by atoms with van der Waals surface area (Å²) in [4.78, 5) is 10.3. The van der Waals surface area contributed by atoms with Gasteiger partial charge >= 0.3 is 6.03 Å². The molecule has 58 valence electrons. The van der Waals surface area contributed by atoms with Gasteiger partial charge in [0.15, 0.2) is 0 Å². The minimum atomic E-state index is -0.409. The van der Waals surface area contributed by atoms with Crippen LogP contribution in [0.3, 0.4) is 0 Å². The molecule has 0 radical (unpaired) electrons. The second-order valence-electron chi connectivity index (χ2n) is 3.09. The molecule has 1 saturated carbocycles. The van der Waals surface area contributed by atoms with E-state index in [0.717, 1.165) is 12.3 Å². The summed E-state index contributed by atoms with van der Waals surface area (Å²) in [5.74, 6) is 0.849. The number of carbonyl (C=O) groups is 1. The maximum absolute atomic E-state index is 10.3. The molecule has 10 heavy (non-hydrogen) atoms. The third kappa shape index (κ3) is 2.71. The Bertz CT molecular complexity index is 132. The van der Waals surface area contributed by atoms with Gasteiger partial charge < -0.3 is 11.1 Å². The van der Waals surface area contributed by atoms with E-state index >= 15 is 0 Å². The van der Waals surface area contributed by atoms with Crippen molar-refractivity contribution in [2.75, 3.05) is 0 Å². The molecular weight excluding hydrogens is 128 g/mol. The lowest BCUT2D eigenvalue weighted by Crippen LogP contribution is -2.36. The molecule has 1 aliphatic rings. The summed E-state index contributed by atoms with van der Waals surface area (Å²) < 4.78 is 0. The van der Waals surface area contributed by atoms with Crippen LogP contribution in [-0.4, -0.2) is 12.1 Å². The highest BCUT2D eigenvalue weighted by Crippen LogP contribution is 2.33. The zero-order valence-corrected chi connectivity index (χ0v) is 6.26. The van der Waals surface area contributed by atoms with Crippen molar-refractivity contribution in [3.63, 3.8) is 0 Å². The molecule has 0 aromatic carbocycles. The lowest BCUT2D eigenvalue weighted by Gasteiger charge is -2.09. The summed E-state index contributed by atoms with van der Waals surface area (Å²) in [5.41, 5.74) is 4.94. The summed E-state index contributed by atoms with van der Waals surface area (Å²) in [6.45, 7) is 1.99. The molecule has 1 unspecified atom stereocenters. The molecule has 1 fully saturated rings. The van der Waals surface area contributed by atoms with Gasteiger partial charge in [0.2, 0.25) is 0 Å². The van der Waals surface area contributed by atoms with Crippen molar-refractivity contribution >= 4 is 6.03 Å². The van der Waals surface area contributed by atoms with Crippen LogP contribution in [0.1, 0.15) is 26.2 Å². The molecule has 0 heterocycles. The van der Waals surface area contributed by atoms with Gasteiger partial charge in [-0.05, 0) is 19.3 Å². The number of hydrogen-bond acceptors (Lipinski definition) is 1. The van der Waals surface area contributed by atoms with Crippen LogP contribution in [0.4, 0.5) is 4.79 Å². The fourth-order valence-electron chi connectivity index (χ4n) is 1.16. The van der Waals surface area contributed by atoms with Gasteiger partial charge in [0.05, 0.1) is 0 Å². The Morgan fingerprint density at radius 2 is 2.40 bits per heavy atom. The van der Waals surface area contributed by atoms with E-state index in [-0.39, 0.29) is 6.04 Å². The smallest absolute Gasteiger partial charge is 0.312 e. The number of rotatable bonds is 3. The Morgan fingerprint density at radius 3 is 2.80 bits per heavy atom. The highest BCUT2D eigenvalue weighted by molar-refractivity contribution is 5.71. The van der Waals surface area contributed by atoms with Crippen molar-refractivity contribution in [1.82, 2.24) is 5.32 Å². The standard InChI is InChI=1S/C7H14N2O/c1-5(9-7(8)10)4-6-2-3-6/h5-6H,2-4H2,1H3,(H3,8,9,10). The largest absolute Gasteiger partial charge is 0.352 e. The van der Waals surface area contributed by atoms with E-state index in [0.29, 0.717) is 0 Å². The van der Waals surface area contributed by atoms with Crippen molar-refractivity contribution in [2.24, 2.45) is 11.7 Å². The van der Waals surface area contributed by atoms with Gasteiger partial charge in [-0.2, -0.15) is 0 Å². The van der Waals surface area contributed by atoms with Crippen molar-refractivity contribution in [3.8, 4) is 0 Å². The summed E-state index contributed by atoms with van der Waals surface area (Å²) in [6.07, 6.45) is 3.73. The Kier molecular flexibility index (Phi) is 2.14. The van der Waals surface area contributed by atoms with Crippen LogP contribution >= 0.6 is 0 Å². The Morgan fingerprint density at radius 1 is 1.80 bits per heavy atom. The molecule has 0 aromatic rings. The number of nitrogens with one attached hydrogen (secondary N) is 1. The zero-order chi connectivity index (χ0) is 7.56. The molecule has 0 aromatic heterocycles. The van der Waals surface area contributed by atoms with E-state index in [1.54, 1.807) is 0 Å². The van der Waals surface area contributed by atoms with Gasteiger partial charge in [0.25, 0.3) is 0 Å². The van der Waals surface area contributed by atoms with E-state index < -0.39 is 6.03 Å². The summed E-state index contributed by atoms with van der Waals surface area (Å²) in [7, 11) is 0. The van der Waals surface area contributed by atoms with Crippen LogP contribution in [0.5, 0.6) is 0 Å². The lowest BCUT2D eigenvalue weighted by atomic mass is 10.2. The minimum absolute atomic E-state index is 0.255. The van der Waals surface area contributed by atoms with Gasteiger partial charge in [-0.15, -0.1) is 0 Å². The van der Waals surface area contributed by atoms with Gasteiger partial charge in [-0.1, -0.05) is 12.8 Å². The van der Waals surface area contributed by atoms with Crippen LogP contribution in [0.25, 0.3) is 0 Å². The highest BCUT2D eigenvalue weighted by atomic mass is 16.2. The topological polar surface area (TPSA) is 55.1 Å². The normalized spacial score (nSPS) is 20.1. The van der Waals surface area contributed by atoms with Crippen molar-refractivity contribution in [2.45, 2.75) is 32.2 Å². The van der Waals surface area contributed by atoms with E-state index in [1.807, 2.05) is 6.92 Å². The van der Waals surface area contributed by atoms with Gasteiger partial charge in [-0.25, -0.2) is 4.79 Å². The molecule has 3 nitrogen and oxygen atoms in total. The first kappa shape index (κ1) is 7.38. The molecule has 0 aliphatic heterocycles. The first-order valence-corrected chi connectivity index (χ1v) is 3.74. The van der Waals surface area contributed by atoms with Crippen LogP contribution in [-0.2, 0) is 0 Å². The van der Waals surface area contributed by atoms with Gasteiger partial charge in [-0.3, -0.25) is 0 Å². The second-order valence-corrected chi connectivity index (χ2v) is 3.09. The molecule has 2 amide bonds. The molecule has 1 rings (SSSR count). The molecule has 3 heteroatoms. The van der Waals surface area contributed by atoms with Gasteiger partial charge in [0.1, 0.15) is 0 Å². The van der Waals surface area contributed by atoms with Crippen LogP contribution < -0.4 is 11.1 Å². The summed E-state index contributed by atoms with van der Waals surface area (Å²) in [5, 5.41) is 2.65. The average Bonchev–Trinajstić information content (AvgIpc) is 2.46. The zero-order valence-electron chi connectivity index (χ0n) is 6.26. The maximum Gasteiger partial charge on any atom is 0.312 e. The maximum atomic E-state index is 10.3. The predicted molar refractivity (Wildman–Crippen MR) is 39.5 cm³/mol. The molecule has 0 saturated heterocycles. The quantitative estimate of drug-likeness (QED) is 0.603.